The number of aliphatic hydroxyl groups excluding tert-OH is 1. The van der Waals surface area contributed by atoms with Crippen LogP contribution in [0.25, 0.3) is 0 Å². The topological polar surface area (TPSA) is 50.1 Å². The Morgan fingerprint density at radius 3 is 2.72 bits per heavy atom. The second-order valence-electron chi connectivity index (χ2n) is 5.73. The SMILES string of the molecule is CC(C)n1cc(CNCC2CCC(O)CC2)cn1. The molecule has 0 aliphatic heterocycles. The maximum Gasteiger partial charge on any atom is 0.0540 e. The lowest BCUT2D eigenvalue weighted by atomic mass is 9.87. The predicted octanol–water partition coefficient (Wildman–Crippen LogP) is 2.10. The molecule has 1 aromatic rings. The van der Waals surface area contributed by atoms with Crippen LogP contribution in [-0.2, 0) is 6.54 Å². The summed E-state index contributed by atoms with van der Waals surface area (Å²) in [7, 11) is 0. The smallest absolute Gasteiger partial charge is 0.0540 e. The normalized spacial score (nSPS) is 24.7. The van der Waals surface area contributed by atoms with Gasteiger partial charge < -0.3 is 10.4 Å². The summed E-state index contributed by atoms with van der Waals surface area (Å²) in [5, 5.41) is 17.3. The Morgan fingerprint density at radius 1 is 1.39 bits per heavy atom. The maximum atomic E-state index is 9.45. The van der Waals surface area contributed by atoms with E-state index in [1.54, 1.807) is 0 Å². The molecule has 1 aliphatic carbocycles. The van der Waals surface area contributed by atoms with E-state index in [1.165, 1.54) is 5.56 Å². The molecule has 0 radical (unpaired) electrons. The van der Waals surface area contributed by atoms with E-state index in [0.717, 1.165) is 44.7 Å². The molecule has 0 spiro atoms. The summed E-state index contributed by atoms with van der Waals surface area (Å²) in [6.07, 6.45) is 8.25. The molecule has 0 atom stereocenters. The number of nitrogens with zero attached hydrogens (tertiary/aromatic N) is 2. The maximum absolute atomic E-state index is 9.45. The molecular weight excluding hydrogens is 226 g/mol. The highest BCUT2D eigenvalue weighted by molar-refractivity contribution is 5.03. The fourth-order valence-electron chi connectivity index (χ4n) is 2.52. The van der Waals surface area contributed by atoms with Crippen LogP contribution < -0.4 is 5.32 Å². The van der Waals surface area contributed by atoms with Crippen LogP contribution in [0.4, 0.5) is 0 Å². The van der Waals surface area contributed by atoms with Gasteiger partial charge in [0.15, 0.2) is 0 Å². The molecule has 0 aromatic carbocycles. The van der Waals surface area contributed by atoms with Crippen molar-refractivity contribution in [2.24, 2.45) is 5.92 Å². The predicted molar refractivity (Wildman–Crippen MR) is 72.3 cm³/mol. The molecule has 1 saturated carbocycles. The first-order chi connectivity index (χ1) is 8.65. The molecule has 2 N–H and O–H groups in total. The highest BCUT2D eigenvalue weighted by Gasteiger charge is 2.18. The molecule has 1 fully saturated rings. The van der Waals surface area contributed by atoms with Gasteiger partial charge in [0.2, 0.25) is 0 Å². The molecule has 1 aromatic heterocycles. The summed E-state index contributed by atoms with van der Waals surface area (Å²) in [5.41, 5.74) is 1.25. The number of aromatic nitrogens is 2. The van der Waals surface area contributed by atoms with Gasteiger partial charge in [0.25, 0.3) is 0 Å². The molecule has 0 unspecified atom stereocenters. The lowest BCUT2D eigenvalue weighted by molar-refractivity contribution is 0.108. The summed E-state index contributed by atoms with van der Waals surface area (Å²) in [4.78, 5) is 0. The third-order valence-corrected chi connectivity index (χ3v) is 3.76. The molecule has 0 bridgehead atoms. The monoisotopic (exact) mass is 251 g/mol. The van der Waals surface area contributed by atoms with Crippen LogP contribution >= 0.6 is 0 Å². The molecule has 4 heteroatoms. The zero-order chi connectivity index (χ0) is 13.0. The van der Waals surface area contributed by atoms with Gasteiger partial charge in [-0.25, -0.2) is 0 Å². The molecule has 1 heterocycles. The number of hydrogen-bond acceptors (Lipinski definition) is 3. The van der Waals surface area contributed by atoms with Crippen molar-refractivity contribution >= 4 is 0 Å². The van der Waals surface area contributed by atoms with Gasteiger partial charge in [-0.05, 0) is 52.0 Å². The molecule has 0 saturated heterocycles. The fraction of sp³-hybridized carbons (Fsp3) is 0.786. The second-order valence-corrected chi connectivity index (χ2v) is 5.73. The van der Waals surface area contributed by atoms with E-state index < -0.39 is 0 Å². The summed E-state index contributed by atoms with van der Waals surface area (Å²) < 4.78 is 1.99. The van der Waals surface area contributed by atoms with Crippen LogP contribution in [0.3, 0.4) is 0 Å². The number of aliphatic hydroxyl groups is 1. The summed E-state index contributed by atoms with van der Waals surface area (Å²) in [6, 6.07) is 0.429. The van der Waals surface area contributed by atoms with Crippen molar-refractivity contribution in [3.63, 3.8) is 0 Å². The second kappa shape index (κ2) is 6.34. The molecule has 1 aliphatic rings. The van der Waals surface area contributed by atoms with Crippen molar-refractivity contribution in [3.8, 4) is 0 Å². The minimum atomic E-state index is -0.0504. The summed E-state index contributed by atoms with van der Waals surface area (Å²) in [6.45, 7) is 6.22. The zero-order valence-electron chi connectivity index (χ0n) is 11.5. The van der Waals surface area contributed by atoms with E-state index in [2.05, 4.69) is 30.5 Å². The average molecular weight is 251 g/mol. The number of rotatable bonds is 5. The van der Waals surface area contributed by atoms with Crippen molar-refractivity contribution in [2.45, 2.75) is 58.2 Å². The lowest BCUT2D eigenvalue weighted by Gasteiger charge is -2.25. The largest absolute Gasteiger partial charge is 0.393 e. The van der Waals surface area contributed by atoms with Crippen LogP contribution in [0.1, 0.15) is 51.1 Å². The van der Waals surface area contributed by atoms with E-state index in [1.807, 2.05) is 10.9 Å². The number of nitrogens with one attached hydrogen (secondary N) is 1. The quantitative estimate of drug-likeness (QED) is 0.842. The van der Waals surface area contributed by atoms with Crippen LogP contribution in [-0.4, -0.2) is 27.5 Å². The first-order valence-electron chi connectivity index (χ1n) is 7.07. The van der Waals surface area contributed by atoms with Crippen LogP contribution in [0.15, 0.2) is 12.4 Å². The first kappa shape index (κ1) is 13.6. The Labute approximate surface area is 109 Å². The Balaban J connectivity index is 1.68. The van der Waals surface area contributed by atoms with Crippen molar-refractivity contribution < 1.29 is 5.11 Å². The van der Waals surface area contributed by atoms with E-state index in [-0.39, 0.29) is 6.10 Å². The van der Waals surface area contributed by atoms with Crippen molar-refractivity contribution in [1.82, 2.24) is 15.1 Å². The third kappa shape index (κ3) is 3.82. The van der Waals surface area contributed by atoms with Gasteiger partial charge in [0.1, 0.15) is 0 Å². The van der Waals surface area contributed by atoms with Gasteiger partial charge in [-0.15, -0.1) is 0 Å². The minimum Gasteiger partial charge on any atom is -0.393 e. The molecule has 0 amide bonds. The van der Waals surface area contributed by atoms with E-state index in [0.29, 0.717) is 6.04 Å². The van der Waals surface area contributed by atoms with Gasteiger partial charge in [0.05, 0.1) is 12.3 Å². The Hall–Kier alpha value is -0.870. The molecule has 18 heavy (non-hydrogen) atoms. The highest BCUT2D eigenvalue weighted by Crippen LogP contribution is 2.23. The number of hydrogen-bond donors (Lipinski definition) is 2. The van der Waals surface area contributed by atoms with Crippen molar-refractivity contribution in [3.05, 3.63) is 18.0 Å². The Kier molecular flexibility index (Phi) is 4.78. The van der Waals surface area contributed by atoms with Crippen molar-refractivity contribution in [1.29, 1.82) is 0 Å². The first-order valence-corrected chi connectivity index (χ1v) is 7.07. The van der Waals surface area contributed by atoms with Gasteiger partial charge in [0, 0.05) is 24.3 Å². The van der Waals surface area contributed by atoms with Crippen LogP contribution in [0.2, 0.25) is 0 Å². The summed E-state index contributed by atoms with van der Waals surface area (Å²) >= 11 is 0. The van der Waals surface area contributed by atoms with E-state index in [4.69, 9.17) is 0 Å². The van der Waals surface area contributed by atoms with Gasteiger partial charge in [-0.1, -0.05) is 0 Å². The molecular formula is C14H25N3O. The van der Waals surface area contributed by atoms with Gasteiger partial charge in [-0.3, -0.25) is 4.68 Å². The fourth-order valence-corrected chi connectivity index (χ4v) is 2.52. The molecule has 2 rings (SSSR count). The zero-order valence-corrected chi connectivity index (χ0v) is 11.5. The summed E-state index contributed by atoms with van der Waals surface area (Å²) in [5.74, 6) is 0.730. The van der Waals surface area contributed by atoms with E-state index in [9.17, 15) is 5.11 Å². The Bertz CT molecular complexity index is 354. The highest BCUT2D eigenvalue weighted by atomic mass is 16.3. The van der Waals surface area contributed by atoms with Gasteiger partial charge >= 0.3 is 0 Å². The molecule has 102 valence electrons. The average Bonchev–Trinajstić information content (AvgIpc) is 2.81. The minimum absolute atomic E-state index is 0.0504. The van der Waals surface area contributed by atoms with Crippen molar-refractivity contribution in [2.75, 3.05) is 6.54 Å². The lowest BCUT2D eigenvalue weighted by Crippen LogP contribution is -2.27. The van der Waals surface area contributed by atoms with Gasteiger partial charge in [-0.2, -0.15) is 5.10 Å². The standard InChI is InChI=1S/C14H25N3O/c1-11(2)17-10-13(9-16-17)8-15-7-12-3-5-14(18)6-4-12/h9-12,14-15,18H,3-8H2,1-2H3. The van der Waals surface area contributed by atoms with Crippen LogP contribution in [0, 0.1) is 5.92 Å². The third-order valence-electron chi connectivity index (χ3n) is 3.76. The molecule has 4 nitrogen and oxygen atoms in total. The van der Waals surface area contributed by atoms with E-state index >= 15 is 0 Å². The van der Waals surface area contributed by atoms with Crippen LogP contribution in [0.5, 0.6) is 0 Å². The Morgan fingerprint density at radius 2 is 2.11 bits per heavy atom.